The van der Waals surface area contributed by atoms with E-state index < -0.39 is 0 Å². The van der Waals surface area contributed by atoms with Crippen molar-refractivity contribution in [2.45, 2.75) is 25.3 Å². The van der Waals surface area contributed by atoms with Crippen molar-refractivity contribution in [2.24, 2.45) is 5.41 Å². The van der Waals surface area contributed by atoms with E-state index >= 15 is 0 Å². The Hall–Kier alpha value is -0.570. The van der Waals surface area contributed by atoms with Gasteiger partial charge in [0.15, 0.2) is 0 Å². The molecule has 1 aliphatic heterocycles. The first-order valence-corrected chi connectivity index (χ1v) is 4.09. The van der Waals surface area contributed by atoms with Crippen molar-refractivity contribution >= 4 is 5.91 Å². The van der Waals surface area contributed by atoms with Crippen molar-refractivity contribution in [1.82, 2.24) is 5.32 Å². The third-order valence-electron chi connectivity index (χ3n) is 3.00. The summed E-state index contributed by atoms with van der Waals surface area (Å²) in [7, 11) is 1.68. The van der Waals surface area contributed by atoms with Crippen LogP contribution in [0.1, 0.15) is 19.3 Å². The van der Waals surface area contributed by atoms with Crippen LogP contribution in [0.15, 0.2) is 0 Å². The molecule has 0 aromatic heterocycles. The number of methoxy groups -OCH3 is 1. The SMILES string of the molecule is COCC1NC(=O)C12CCC2. The highest BCUT2D eigenvalue weighted by Gasteiger charge is 2.58. The number of amides is 1. The summed E-state index contributed by atoms with van der Waals surface area (Å²) in [5.41, 5.74) is -0.00396. The molecule has 1 amide bonds. The molecule has 1 heterocycles. The number of nitrogens with one attached hydrogen (secondary N) is 1. The molecule has 3 heteroatoms. The summed E-state index contributed by atoms with van der Waals surface area (Å²) in [4.78, 5) is 11.2. The molecule has 1 saturated heterocycles. The quantitative estimate of drug-likeness (QED) is 0.582. The van der Waals surface area contributed by atoms with Crippen molar-refractivity contribution in [3.05, 3.63) is 0 Å². The molecule has 2 aliphatic rings. The number of β-lactam (4-membered cyclic amide) rings is 1. The van der Waals surface area contributed by atoms with E-state index in [0.717, 1.165) is 12.8 Å². The molecule has 0 bridgehead atoms. The molecular weight excluding hydrogens is 142 g/mol. The van der Waals surface area contributed by atoms with Gasteiger partial charge in [0.25, 0.3) is 0 Å². The van der Waals surface area contributed by atoms with Gasteiger partial charge in [0.05, 0.1) is 18.1 Å². The summed E-state index contributed by atoms with van der Waals surface area (Å²) in [6, 6.07) is 0.300. The molecule has 0 radical (unpaired) electrons. The van der Waals surface area contributed by atoms with Gasteiger partial charge < -0.3 is 10.1 Å². The largest absolute Gasteiger partial charge is 0.383 e. The van der Waals surface area contributed by atoms with Crippen molar-refractivity contribution in [2.75, 3.05) is 13.7 Å². The molecular formula is C8H13NO2. The molecule has 0 aromatic carbocycles. The Bertz CT molecular complexity index is 187. The summed E-state index contributed by atoms with van der Waals surface area (Å²) in [6.45, 7) is 0.672. The van der Waals surface area contributed by atoms with Crippen LogP contribution in [0.2, 0.25) is 0 Å². The van der Waals surface area contributed by atoms with E-state index in [2.05, 4.69) is 5.32 Å². The number of hydrogen-bond acceptors (Lipinski definition) is 2. The molecule has 2 fully saturated rings. The zero-order valence-electron chi connectivity index (χ0n) is 6.72. The number of carbonyl (C=O) groups excluding carboxylic acids is 1. The molecule has 1 spiro atoms. The summed E-state index contributed by atoms with van der Waals surface area (Å²) >= 11 is 0. The predicted molar refractivity (Wildman–Crippen MR) is 40.1 cm³/mol. The molecule has 11 heavy (non-hydrogen) atoms. The van der Waals surface area contributed by atoms with Crippen LogP contribution < -0.4 is 5.32 Å². The van der Waals surface area contributed by atoms with Crippen LogP contribution in [0.25, 0.3) is 0 Å². The molecule has 1 aliphatic carbocycles. The number of ether oxygens (including phenoxy) is 1. The van der Waals surface area contributed by atoms with Crippen molar-refractivity contribution < 1.29 is 9.53 Å². The van der Waals surface area contributed by atoms with Gasteiger partial charge >= 0.3 is 0 Å². The molecule has 3 nitrogen and oxygen atoms in total. The highest BCUT2D eigenvalue weighted by Crippen LogP contribution is 2.49. The van der Waals surface area contributed by atoms with Crippen molar-refractivity contribution in [1.29, 1.82) is 0 Å². The summed E-state index contributed by atoms with van der Waals surface area (Å²) in [5.74, 6) is 0.241. The fraction of sp³-hybridized carbons (Fsp3) is 0.875. The van der Waals surface area contributed by atoms with Gasteiger partial charge in [-0.2, -0.15) is 0 Å². The van der Waals surface area contributed by atoms with E-state index in [-0.39, 0.29) is 11.3 Å². The Morgan fingerprint density at radius 3 is 2.82 bits per heavy atom. The Labute approximate surface area is 66.1 Å². The minimum atomic E-state index is -0.00396. The van der Waals surface area contributed by atoms with Crippen molar-refractivity contribution in [3.8, 4) is 0 Å². The second kappa shape index (κ2) is 2.21. The Morgan fingerprint density at radius 1 is 1.73 bits per heavy atom. The highest BCUT2D eigenvalue weighted by atomic mass is 16.5. The second-order valence-corrected chi connectivity index (χ2v) is 3.49. The highest BCUT2D eigenvalue weighted by molar-refractivity contribution is 5.91. The molecule has 1 unspecified atom stereocenters. The predicted octanol–water partition coefficient (Wildman–Crippen LogP) is 0.301. The van der Waals surface area contributed by atoms with E-state index in [0.29, 0.717) is 12.6 Å². The fourth-order valence-electron chi connectivity index (χ4n) is 2.02. The van der Waals surface area contributed by atoms with Crippen LogP contribution in [0, 0.1) is 5.41 Å². The Morgan fingerprint density at radius 2 is 2.45 bits per heavy atom. The van der Waals surface area contributed by atoms with E-state index in [1.165, 1.54) is 6.42 Å². The molecule has 1 saturated carbocycles. The lowest BCUT2D eigenvalue weighted by Crippen LogP contribution is -2.71. The third-order valence-corrected chi connectivity index (χ3v) is 3.00. The van der Waals surface area contributed by atoms with E-state index in [1.807, 2.05) is 0 Å². The molecule has 62 valence electrons. The van der Waals surface area contributed by atoms with E-state index in [4.69, 9.17) is 4.74 Å². The average molecular weight is 155 g/mol. The Balaban J connectivity index is 1.99. The van der Waals surface area contributed by atoms with Crippen LogP contribution >= 0.6 is 0 Å². The monoisotopic (exact) mass is 155 g/mol. The van der Waals surface area contributed by atoms with Crippen LogP contribution in [0.3, 0.4) is 0 Å². The summed E-state index contributed by atoms with van der Waals surface area (Å²) < 4.78 is 5.01. The van der Waals surface area contributed by atoms with Crippen LogP contribution in [-0.2, 0) is 9.53 Å². The minimum absolute atomic E-state index is 0.00396. The average Bonchev–Trinajstić information content (AvgIpc) is 1.83. The minimum Gasteiger partial charge on any atom is -0.383 e. The zero-order chi connectivity index (χ0) is 7.90. The van der Waals surface area contributed by atoms with Gasteiger partial charge in [0, 0.05) is 7.11 Å². The normalized spacial score (nSPS) is 32.5. The fourth-order valence-corrected chi connectivity index (χ4v) is 2.02. The smallest absolute Gasteiger partial charge is 0.228 e. The number of hydrogen-bond donors (Lipinski definition) is 1. The van der Waals surface area contributed by atoms with Gasteiger partial charge in [0.2, 0.25) is 5.91 Å². The molecule has 0 aromatic rings. The first-order valence-electron chi connectivity index (χ1n) is 4.09. The summed E-state index contributed by atoms with van der Waals surface area (Å²) in [6.07, 6.45) is 3.33. The first-order chi connectivity index (χ1) is 5.29. The second-order valence-electron chi connectivity index (χ2n) is 3.49. The first kappa shape index (κ1) is 7.10. The van der Waals surface area contributed by atoms with Gasteiger partial charge in [-0.3, -0.25) is 4.79 Å². The molecule has 1 N–H and O–H groups in total. The zero-order valence-corrected chi connectivity index (χ0v) is 6.72. The number of carbonyl (C=O) groups is 1. The third kappa shape index (κ3) is 0.745. The van der Waals surface area contributed by atoms with Gasteiger partial charge in [-0.1, -0.05) is 6.42 Å². The Kier molecular flexibility index (Phi) is 1.42. The van der Waals surface area contributed by atoms with Gasteiger partial charge in [-0.15, -0.1) is 0 Å². The summed E-state index contributed by atoms with van der Waals surface area (Å²) in [5, 5.41) is 2.87. The lowest BCUT2D eigenvalue weighted by molar-refractivity contribution is -0.157. The standard InChI is InChI=1S/C8H13NO2/c1-11-5-6-8(3-2-4-8)7(10)9-6/h6H,2-5H2,1H3,(H,9,10). The van der Waals surface area contributed by atoms with Gasteiger partial charge in [0.1, 0.15) is 0 Å². The van der Waals surface area contributed by atoms with Gasteiger partial charge in [-0.25, -0.2) is 0 Å². The topological polar surface area (TPSA) is 38.3 Å². The van der Waals surface area contributed by atoms with Crippen LogP contribution in [0.4, 0.5) is 0 Å². The maximum absolute atomic E-state index is 11.2. The maximum atomic E-state index is 11.2. The van der Waals surface area contributed by atoms with Crippen LogP contribution in [-0.4, -0.2) is 25.7 Å². The lowest BCUT2D eigenvalue weighted by atomic mass is 9.59. The lowest BCUT2D eigenvalue weighted by Gasteiger charge is -2.54. The maximum Gasteiger partial charge on any atom is 0.228 e. The van der Waals surface area contributed by atoms with E-state index in [1.54, 1.807) is 7.11 Å². The molecule has 1 atom stereocenters. The van der Waals surface area contributed by atoms with Crippen LogP contribution in [0.5, 0.6) is 0 Å². The van der Waals surface area contributed by atoms with Gasteiger partial charge in [-0.05, 0) is 12.8 Å². The molecule has 2 rings (SSSR count). The number of rotatable bonds is 2. The van der Waals surface area contributed by atoms with E-state index in [9.17, 15) is 4.79 Å². The van der Waals surface area contributed by atoms with Crippen molar-refractivity contribution in [3.63, 3.8) is 0 Å².